The fraction of sp³-hybridized carbons (Fsp3) is 0.467. The molecule has 0 saturated carbocycles. The number of carbonyl (C=O) groups excluding carboxylic acids is 2. The number of benzene rings is 1. The summed E-state index contributed by atoms with van der Waals surface area (Å²) in [7, 11) is 0. The van der Waals surface area contributed by atoms with E-state index in [0.717, 1.165) is 12.8 Å². The first-order chi connectivity index (χ1) is 9.63. The SMILES string of the molecule is CCOC(=O)c1cccc(NC(=O)C2CCCO2)c1C. The number of carbonyl (C=O) groups is 2. The predicted molar refractivity (Wildman–Crippen MR) is 74.7 cm³/mol. The highest BCUT2D eigenvalue weighted by Crippen LogP contribution is 2.21. The summed E-state index contributed by atoms with van der Waals surface area (Å²) in [6.45, 7) is 4.50. The minimum Gasteiger partial charge on any atom is -0.462 e. The first-order valence-electron chi connectivity index (χ1n) is 6.82. The Bertz CT molecular complexity index is 507. The van der Waals surface area contributed by atoms with Gasteiger partial charge in [-0.1, -0.05) is 6.07 Å². The van der Waals surface area contributed by atoms with Crippen molar-refractivity contribution < 1.29 is 19.1 Å². The lowest BCUT2D eigenvalue weighted by Crippen LogP contribution is -2.27. The molecule has 0 bridgehead atoms. The quantitative estimate of drug-likeness (QED) is 0.858. The molecule has 1 fully saturated rings. The van der Waals surface area contributed by atoms with Crippen molar-refractivity contribution in [3.63, 3.8) is 0 Å². The van der Waals surface area contributed by atoms with Crippen LogP contribution >= 0.6 is 0 Å². The van der Waals surface area contributed by atoms with Gasteiger partial charge in [0.15, 0.2) is 0 Å². The average molecular weight is 277 g/mol. The monoisotopic (exact) mass is 277 g/mol. The molecule has 1 aromatic carbocycles. The van der Waals surface area contributed by atoms with Crippen LogP contribution in [-0.4, -0.2) is 31.2 Å². The van der Waals surface area contributed by atoms with Crippen molar-refractivity contribution in [1.29, 1.82) is 0 Å². The molecular weight excluding hydrogens is 258 g/mol. The highest BCUT2D eigenvalue weighted by atomic mass is 16.5. The van der Waals surface area contributed by atoms with Crippen LogP contribution < -0.4 is 5.32 Å². The molecule has 1 atom stereocenters. The highest BCUT2D eigenvalue weighted by Gasteiger charge is 2.24. The summed E-state index contributed by atoms with van der Waals surface area (Å²) in [5.41, 5.74) is 1.80. The van der Waals surface area contributed by atoms with Crippen molar-refractivity contribution in [3.05, 3.63) is 29.3 Å². The molecule has 0 aromatic heterocycles. The molecule has 5 nitrogen and oxygen atoms in total. The predicted octanol–water partition coefficient (Wildman–Crippen LogP) is 2.29. The zero-order valence-corrected chi connectivity index (χ0v) is 11.8. The van der Waals surface area contributed by atoms with Crippen LogP contribution in [0.3, 0.4) is 0 Å². The molecule has 1 aliphatic rings. The molecule has 0 spiro atoms. The Labute approximate surface area is 118 Å². The third kappa shape index (κ3) is 3.17. The Hall–Kier alpha value is -1.88. The van der Waals surface area contributed by atoms with Crippen LogP contribution in [0.15, 0.2) is 18.2 Å². The second-order valence-corrected chi connectivity index (χ2v) is 4.69. The Morgan fingerprint density at radius 2 is 2.25 bits per heavy atom. The molecule has 1 aliphatic heterocycles. The number of hydrogen-bond donors (Lipinski definition) is 1. The second-order valence-electron chi connectivity index (χ2n) is 4.69. The van der Waals surface area contributed by atoms with Gasteiger partial charge in [-0.15, -0.1) is 0 Å². The lowest BCUT2D eigenvalue weighted by Gasteiger charge is -2.14. The smallest absolute Gasteiger partial charge is 0.338 e. The Kier molecular flexibility index (Phi) is 4.74. The summed E-state index contributed by atoms with van der Waals surface area (Å²) in [4.78, 5) is 23.8. The maximum atomic E-state index is 12.0. The Morgan fingerprint density at radius 1 is 1.45 bits per heavy atom. The van der Waals surface area contributed by atoms with Crippen molar-refractivity contribution >= 4 is 17.6 Å². The van der Waals surface area contributed by atoms with Crippen LogP contribution in [0, 0.1) is 6.92 Å². The zero-order valence-electron chi connectivity index (χ0n) is 11.8. The molecule has 2 rings (SSSR count). The van der Waals surface area contributed by atoms with E-state index in [1.807, 2.05) is 0 Å². The van der Waals surface area contributed by atoms with Crippen molar-refractivity contribution in [2.24, 2.45) is 0 Å². The Balaban J connectivity index is 2.13. The van der Waals surface area contributed by atoms with Crippen molar-refractivity contribution in [1.82, 2.24) is 0 Å². The van der Waals surface area contributed by atoms with E-state index >= 15 is 0 Å². The molecule has 20 heavy (non-hydrogen) atoms. The van der Waals surface area contributed by atoms with Crippen LogP contribution in [0.1, 0.15) is 35.7 Å². The van der Waals surface area contributed by atoms with Gasteiger partial charge in [-0.2, -0.15) is 0 Å². The van der Waals surface area contributed by atoms with E-state index in [4.69, 9.17) is 9.47 Å². The molecule has 1 saturated heterocycles. The molecule has 1 unspecified atom stereocenters. The van der Waals surface area contributed by atoms with Crippen LogP contribution in [0.25, 0.3) is 0 Å². The van der Waals surface area contributed by atoms with E-state index in [0.29, 0.717) is 30.0 Å². The van der Waals surface area contributed by atoms with E-state index in [9.17, 15) is 9.59 Å². The maximum absolute atomic E-state index is 12.0. The summed E-state index contributed by atoms with van der Waals surface area (Å²) < 4.78 is 10.3. The fourth-order valence-corrected chi connectivity index (χ4v) is 2.20. The molecule has 1 heterocycles. The number of ether oxygens (including phenoxy) is 2. The standard InChI is InChI=1S/C15H19NO4/c1-3-19-15(18)11-6-4-7-12(10(11)2)16-14(17)13-8-5-9-20-13/h4,6-7,13H,3,5,8-9H2,1-2H3,(H,16,17). The average Bonchev–Trinajstić information content (AvgIpc) is 2.95. The van der Waals surface area contributed by atoms with Gasteiger partial charge in [0.2, 0.25) is 0 Å². The molecule has 1 N–H and O–H groups in total. The largest absolute Gasteiger partial charge is 0.462 e. The molecular formula is C15H19NO4. The number of esters is 1. The van der Waals surface area contributed by atoms with Gasteiger partial charge < -0.3 is 14.8 Å². The highest BCUT2D eigenvalue weighted by molar-refractivity contribution is 5.98. The van der Waals surface area contributed by atoms with Gasteiger partial charge in [-0.3, -0.25) is 4.79 Å². The lowest BCUT2D eigenvalue weighted by molar-refractivity contribution is -0.124. The van der Waals surface area contributed by atoms with Crippen molar-refractivity contribution in [2.45, 2.75) is 32.8 Å². The van der Waals surface area contributed by atoms with Gasteiger partial charge in [-0.25, -0.2) is 4.79 Å². The van der Waals surface area contributed by atoms with Crippen molar-refractivity contribution in [3.8, 4) is 0 Å². The van der Waals surface area contributed by atoms with Gasteiger partial charge in [0.05, 0.1) is 12.2 Å². The fourth-order valence-electron chi connectivity index (χ4n) is 2.20. The summed E-state index contributed by atoms with van der Waals surface area (Å²) >= 11 is 0. The molecule has 0 radical (unpaired) electrons. The summed E-state index contributed by atoms with van der Waals surface area (Å²) in [5, 5.41) is 2.82. The minimum absolute atomic E-state index is 0.161. The summed E-state index contributed by atoms with van der Waals surface area (Å²) in [6, 6.07) is 5.18. The first kappa shape index (κ1) is 14.5. The number of hydrogen-bond acceptors (Lipinski definition) is 4. The van der Waals surface area contributed by atoms with Crippen molar-refractivity contribution in [2.75, 3.05) is 18.5 Å². The first-order valence-corrected chi connectivity index (χ1v) is 6.82. The van der Waals surface area contributed by atoms with Crippen LogP contribution in [-0.2, 0) is 14.3 Å². The number of nitrogens with one attached hydrogen (secondary N) is 1. The molecule has 0 aliphatic carbocycles. The molecule has 1 aromatic rings. The normalized spacial score (nSPS) is 17.8. The van der Waals surface area contributed by atoms with Gasteiger partial charge in [0.25, 0.3) is 5.91 Å². The van der Waals surface area contributed by atoms with Crippen LogP contribution in [0.4, 0.5) is 5.69 Å². The topological polar surface area (TPSA) is 64.6 Å². The van der Waals surface area contributed by atoms with Crippen LogP contribution in [0.5, 0.6) is 0 Å². The third-order valence-electron chi connectivity index (χ3n) is 3.31. The lowest BCUT2D eigenvalue weighted by atomic mass is 10.1. The minimum atomic E-state index is -0.388. The van der Waals surface area contributed by atoms with E-state index in [-0.39, 0.29) is 18.0 Å². The van der Waals surface area contributed by atoms with Gasteiger partial charge in [-0.05, 0) is 44.4 Å². The molecule has 108 valence electrons. The van der Waals surface area contributed by atoms with E-state index in [1.54, 1.807) is 32.0 Å². The third-order valence-corrected chi connectivity index (χ3v) is 3.31. The number of anilines is 1. The van der Waals surface area contributed by atoms with E-state index < -0.39 is 0 Å². The molecule has 5 heteroatoms. The molecule has 1 amide bonds. The van der Waals surface area contributed by atoms with E-state index in [1.165, 1.54) is 0 Å². The van der Waals surface area contributed by atoms with Gasteiger partial charge >= 0.3 is 5.97 Å². The van der Waals surface area contributed by atoms with E-state index in [2.05, 4.69) is 5.32 Å². The second kappa shape index (κ2) is 6.52. The van der Waals surface area contributed by atoms with Crippen LogP contribution in [0.2, 0.25) is 0 Å². The number of rotatable bonds is 4. The zero-order chi connectivity index (χ0) is 14.5. The Morgan fingerprint density at radius 3 is 2.90 bits per heavy atom. The maximum Gasteiger partial charge on any atom is 0.338 e. The van der Waals surface area contributed by atoms with Gasteiger partial charge in [0.1, 0.15) is 6.10 Å². The van der Waals surface area contributed by atoms with Gasteiger partial charge in [0, 0.05) is 12.3 Å². The number of amides is 1. The summed E-state index contributed by atoms with van der Waals surface area (Å²) in [6.07, 6.45) is 1.25. The summed E-state index contributed by atoms with van der Waals surface area (Å²) in [5.74, 6) is -0.537.